The molecule has 0 bridgehead atoms. The van der Waals surface area contributed by atoms with E-state index in [-0.39, 0.29) is 12.0 Å². The largest absolute Gasteiger partial charge is 0.465 e. The molecule has 126 valence electrons. The first-order valence-corrected chi connectivity index (χ1v) is 8.07. The highest BCUT2D eigenvalue weighted by atomic mass is 16.5. The van der Waals surface area contributed by atoms with Gasteiger partial charge >= 0.3 is 6.09 Å². The third-order valence-corrected chi connectivity index (χ3v) is 5.14. The van der Waals surface area contributed by atoms with Gasteiger partial charge in [0.2, 0.25) is 0 Å². The molecule has 5 heteroatoms. The van der Waals surface area contributed by atoms with Crippen molar-refractivity contribution in [3.05, 3.63) is 11.6 Å². The molecule has 3 atom stereocenters. The van der Waals surface area contributed by atoms with Crippen LogP contribution in [0.25, 0.3) is 0 Å². The Morgan fingerprint density at radius 3 is 2.55 bits per heavy atom. The highest BCUT2D eigenvalue weighted by molar-refractivity contribution is 5.67. The van der Waals surface area contributed by atoms with Crippen LogP contribution in [0.1, 0.15) is 53.9 Å². The van der Waals surface area contributed by atoms with E-state index in [0.29, 0.717) is 5.92 Å². The van der Waals surface area contributed by atoms with Gasteiger partial charge in [0.05, 0.1) is 18.8 Å². The smallest absolute Gasteiger partial charge is 0.410 e. The standard InChI is InChI=1S/C17H29NO4/c1-16(2,3)12-8-6-11(7-9-12)14(19)13-10-22-17(4,5)18(13)15(20)21/h6,12-14,19H,7-10H2,1-5H3,(H,20,21)/t12?,13?,14-/m1/s1. The number of nitrogens with zero attached hydrogens (tertiary/aromatic N) is 1. The average Bonchev–Trinajstić information content (AvgIpc) is 2.72. The highest BCUT2D eigenvalue weighted by Crippen LogP contribution is 2.39. The summed E-state index contributed by atoms with van der Waals surface area (Å²) in [4.78, 5) is 12.8. The maximum absolute atomic E-state index is 11.5. The first-order valence-electron chi connectivity index (χ1n) is 8.07. The molecule has 5 nitrogen and oxygen atoms in total. The fraction of sp³-hybridized carbons (Fsp3) is 0.824. The average molecular weight is 311 g/mol. The zero-order chi connectivity index (χ0) is 16.7. The Hall–Kier alpha value is -1.07. The normalized spacial score (nSPS) is 30.1. The van der Waals surface area contributed by atoms with E-state index >= 15 is 0 Å². The summed E-state index contributed by atoms with van der Waals surface area (Å²) in [5.74, 6) is 0.607. The lowest BCUT2D eigenvalue weighted by Gasteiger charge is -2.37. The first-order chi connectivity index (χ1) is 10.0. The van der Waals surface area contributed by atoms with E-state index in [9.17, 15) is 15.0 Å². The number of amides is 1. The number of ether oxygens (including phenoxy) is 1. The molecule has 2 unspecified atom stereocenters. The lowest BCUT2D eigenvalue weighted by atomic mass is 9.72. The molecule has 1 heterocycles. The molecule has 2 aliphatic rings. The van der Waals surface area contributed by atoms with Crippen molar-refractivity contribution in [2.75, 3.05) is 6.61 Å². The predicted octanol–water partition coefficient (Wildman–Crippen LogP) is 3.23. The summed E-state index contributed by atoms with van der Waals surface area (Å²) in [5, 5.41) is 20.1. The van der Waals surface area contributed by atoms with Gasteiger partial charge in [-0.1, -0.05) is 26.8 Å². The van der Waals surface area contributed by atoms with Crippen molar-refractivity contribution < 1.29 is 19.7 Å². The minimum atomic E-state index is -1.05. The maximum atomic E-state index is 11.5. The van der Waals surface area contributed by atoms with Crippen LogP contribution in [0.4, 0.5) is 4.79 Å². The van der Waals surface area contributed by atoms with Crippen molar-refractivity contribution in [3.8, 4) is 0 Å². The van der Waals surface area contributed by atoms with Gasteiger partial charge in [-0.2, -0.15) is 0 Å². The monoisotopic (exact) mass is 311 g/mol. The minimum absolute atomic E-state index is 0.237. The molecule has 1 amide bonds. The van der Waals surface area contributed by atoms with Crippen LogP contribution in [0, 0.1) is 11.3 Å². The van der Waals surface area contributed by atoms with Crippen LogP contribution in [0.15, 0.2) is 11.6 Å². The summed E-state index contributed by atoms with van der Waals surface area (Å²) in [6.07, 6.45) is 3.09. The van der Waals surface area contributed by atoms with Crippen LogP contribution in [0.2, 0.25) is 0 Å². The number of hydrogen-bond donors (Lipinski definition) is 2. The Balaban J connectivity index is 2.11. The molecule has 1 saturated heterocycles. The SMILES string of the molecule is CC(C)(C)C1CC=C([C@@H](O)C2COC(C)(C)N2C(=O)O)CC1. The van der Waals surface area contributed by atoms with E-state index in [1.54, 1.807) is 13.8 Å². The fourth-order valence-electron chi connectivity index (χ4n) is 3.59. The first kappa shape index (κ1) is 17.3. The number of aliphatic hydroxyl groups is 1. The topological polar surface area (TPSA) is 70.0 Å². The molecule has 2 N–H and O–H groups in total. The van der Waals surface area contributed by atoms with Crippen molar-refractivity contribution in [2.45, 2.75) is 71.8 Å². The summed E-state index contributed by atoms with van der Waals surface area (Å²) < 4.78 is 5.57. The Bertz CT molecular complexity index is 464. The fourth-order valence-corrected chi connectivity index (χ4v) is 3.59. The molecule has 0 spiro atoms. The molecule has 0 aromatic heterocycles. The minimum Gasteiger partial charge on any atom is -0.465 e. The number of carboxylic acid groups (broad SMARTS) is 1. The van der Waals surface area contributed by atoms with Gasteiger partial charge in [-0.25, -0.2) is 4.79 Å². The van der Waals surface area contributed by atoms with Crippen molar-refractivity contribution in [1.29, 1.82) is 0 Å². The number of carbonyl (C=O) groups is 1. The van der Waals surface area contributed by atoms with E-state index in [1.165, 1.54) is 4.90 Å². The van der Waals surface area contributed by atoms with E-state index in [0.717, 1.165) is 24.8 Å². The van der Waals surface area contributed by atoms with E-state index in [2.05, 4.69) is 26.8 Å². The van der Waals surface area contributed by atoms with E-state index in [1.807, 2.05) is 0 Å². The Kier molecular flexibility index (Phi) is 4.60. The van der Waals surface area contributed by atoms with Gasteiger partial charge in [-0.3, -0.25) is 4.90 Å². The van der Waals surface area contributed by atoms with Crippen LogP contribution in [0.3, 0.4) is 0 Å². The van der Waals surface area contributed by atoms with Gasteiger partial charge in [0.25, 0.3) is 0 Å². The Morgan fingerprint density at radius 2 is 2.09 bits per heavy atom. The zero-order valence-corrected chi connectivity index (χ0v) is 14.3. The Labute approximate surface area is 133 Å². The molecule has 0 aromatic rings. The van der Waals surface area contributed by atoms with Crippen molar-refractivity contribution in [3.63, 3.8) is 0 Å². The Morgan fingerprint density at radius 1 is 1.45 bits per heavy atom. The van der Waals surface area contributed by atoms with Gasteiger partial charge in [-0.15, -0.1) is 0 Å². The molecule has 22 heavy (non-hydrogen) atoms. The molecule has 1 aliphatic carbocycles. The predicted molar refractivity (Wildman–Crippen MR) is 84.6 cm³/mol. The summed E-state index contributed by atoms with van der Waals surface area (Å²) in [6.45, 7) is 10.4. The zero-order valence-electron chi connectivity index (χ0n) is 14.3. The second-order valence-corrected chi connectivity index (χ2v) is 8.04. The van der Waals surface area contributed by atoms with Gasteiger partial charge in [0.15, 0.2) is 0 Å². The van der Waals surface area contributed by atoms with Gasteiger partial charge < -0.3 is 14.9 Å². The molecule has 1 fully saturated rings. The quantitative estimate of drug-likeness (QED) is 0.768. The number of rotatable bonds is 2. The number of hydrogen-bond acceptors (Lipinski definition) is 3. The lowest BCUT2D eigenvalue weighted by Crippen LogP contribution is -2.51. The molecule has 0 radical (unpaired) electrons. The van der Waals surface area contributed by atoms with Crippen LogP contribution >= 0.6 is 0 Å². The van der Waals surface area contributed by atoms with Gasteiger partial charge in [0, 0.05) is 0 Å². The van der Waals surface area contributed by atoms with Crippen LogP contribution in [-0.2, 0) is 4.74 Å². The maximum Gasteiger partial charge on any atom is 0.410 e. The van der Waals surface area contributed by atoms with E-state index in [4.69, 9.17) is 4.74 Å². The van der Waals surface area contributed by atoms with Crippen LogP contribution in [-0.4, -0.2) is 45.7 Å². The molecular formula is C17H29NO4. The van der Waals surface area contributed by atoms with Crippen molar-refractivity contribution in [2.24, 2.45) is 11.3 Å². The molecular weight excluding hydrogens is 282 g/mol. The van der Waals surface area contributed by atoms with E-state index < -0.39 is 24.0 Å². The summed E-state index contributed by atoms with van der Waals surface area (Å²) in [6, 6.07) is -0.523. The molecule has 0 saturated carbocycles. The van der Waals surface area contributed by atoms with Crippen molar-refractivity contribution in [1.82, 2.24) is 4.90 Å². The van der Waals surface area contributed by atoms with Crippen molar-refractivity contribution >= 4 is 6.09 Å². The van der Waals surface area contributed by atoms with Crippen LogP contribution in [0.5, 0.6) is 0 Å². The molecule has 2 rings (SSSR count). The number of allylic oxidation sites excluding steroid dienone is 1. The lowest BCUT2D eigenvalue weighted by molar-refractivity contribution is -0.0454. The second kappa shape index (κ2) is 5.85. The summed E-state index contributed by atoms with van der Waals surface area (Å²) in [7, 11) is 0. The summed E-state index contributed by atoms with van der Waals surface area (Å²) in [5.41, 5.74) is 0.331. The molecule has 1 aliphatic heterocycles. The van der Waals surface area contributed by atoms with Crippen LogP contribution < -0.4 is 0 Å². The third kappa shape index (κ3) is 3.30. The summed E-state index contributed by atoms with van der Waals surface area (Å²) >= 11 is 0. The number of aliphatic hydroxyl groups excluding tert-OH is 1. The van der Waals surface area contributed by atoms with Gasteiger partial charge in [-0.05, 0) is 50.0 Å². The van der Waals surface area contributed by atoms with Gasteiger partial charge in [0.1, 0.15) is 5.72 Å². The molecule has 0 aromatic carbocycles. The third-order valence-electron chi connectivity index (χ3n) is 5.14. The second-order valence-electron chi connectivity index (χ2n) is 8.04. The highest BCUT2D eigenvalue weighted by Gasteiger charge is 2.47.